The van der Waals surface area contributed by atoms with Crippen LogP contribution in [0.25, 0.3) is 0 Å². The lowest BCUT2D eigenvalue weighted by atomic mass is 10.1. The Bertz CT molecular complexity index is 132. The number of hydrogen-bond donors (Lipinski definition) is 3. The van der Waals surface area contributed by atoms with Crippen LogP contribution in [0.5, 0.6) is 0 Å². The minimum absolute atomic E-state index is 0.427. The number of rotatable bonds is 2. The van der Waals surface area contributed by atoms with Gasteiger partial charge in [0.2, 0.25) is 0 Å². The van der Waals surface area contributed by atoms with Gasteiger partial charge in [0.1, 0.15) is 0 Å². The van der Waals surface area contributed by atoms with Crippen molar-refractivity contribution >= 4 is 6.03 Å². The number of primary amides is 1. The molecule has 4 N–H and O–H groups in total. The van der Waals surface area contributed by atoms with Crippen LogP contribution in [-0.4, -0.2) is 25.2 Å². The molecule has 0 aliphatic carbocycles. The molecule has 1 fully saturated rings. The van der Waals surface area contributed by atoms with Crippen LogP contribution in [0.15, 0.2) is 0 Å². The molecule has 4 nitrogen and oxygen atoms in total. The molecule has 64 valence electrons. The van der Waals surface area contributed by atoms with Crippen LogP contribution in [0.1, 0.15) is 19.3 Å². The number of nitrogens with one attached hydrogen (secondary N) is 2. The molecule has 2 amide bonds. The summed E-state index contributed by atoms with van der Waals surface area (Å²) >= 11 is 0. The van der Waals surface area contributed by atoms with E-state index in [1.165, 1.54) is 12.8 Å². The number of amides is 2. The van der Waals surface area contributed by atoms with E-state index in [1.807, 2.05) is 0 Å². The summed E-state index contributed by atoms with van der Waals surface area (Å²) in [6.45, 7) is 1.72. The van der Waals surface area contributed by atoms with E-state index in [4.69, 9.17) is 5.73 Å². The summed E-state index contributed by atoms with van der Waals surface area (Å²) in [5, 5.41) is 5.90. The van der Waals surface area contributed by atoms with Crippen molar-refractivity contribution in [3.05, 3.63) is 0 Å². The molecule has 0 aromatic rings. The van der Waals surface area contributed by atoms with Gasteiger partial charge in [-0.25, -0.2) is 4.79 Å². The Morgan fingerprint density at radius 3 is 3.00 bits per heavy atom. The highest BCUT2D eigenvalue weighted by Gasteiger charge is 2.11. The third-order valence-electron chi connectivity index (χ3n) is 1.94. The van der Waals surface area contributed by atoms with E-state index in [-0.39, 0.29) is 0 Å². The lowest BCUT2D eigenvalue weighted by Crippen LogP contribution is -2.44. The van der Waals surface area contributed by atoms with Gasteiger partial charge < -0.3 is 16.4 Å². The minimum atomic E-state index is -0.433. The topological polar surface area (TPSA) is 67.2 Å². The summed E-state index contributed by atoms with van der Waals surface area (Å²) < 4.78 is 0. The summed E-state index contributed by atoms with van der Waals surface area (Å²) in [6, 6.07) is -0.00590. The molecular formula is C7H15N3O. The third-order valence-corrected chi connectivity index (χ3v) is 1.94. The Kier molecular flexibility index (Phi) is 3.16. The zero-order valence-electron chi connectivity index (χ0n) is 6.60. The second-order valence-corrected chi connectivity index (χ2v) is 2.89. The SMILES string of the molecule is NC(=O)NC[C@@H]1CCCCN1. The predicted octanol–water partition coefficient (Wildman–Crippen LogP) is -0.203. The van der Waals surface area contributed by atoms with E-state index < -0.39 is 6.03 Å². The molecule has 0 bridgehead atoms. The van der Waals surface area contributed by atoms with Gasteiger partial charge >= 0.3 is 6.03 Å². The van der Waals surface area contributed by atoms with Gasteiger partial charge in [0, 0.05) is 12.6 Å². The van der Waals surface area contributed by atoms with Crippen molar-refractivity contribution in [1.82, 2.24) is 10.6 Å². The van der Waals surface area contributed by atoms with Gasteiger partial charge in [-0.15, -0.1) is 0 Å². The molecule has 0 radical (unpaired) electrons. The van der Waals surface area contributed by atoms with Crippen molar-refractivity contribution in [2.75, 3.05) is 13.1 Å². The molecule has 0 spiro atoms. The molecule has 0 aromatic heterocycles. The van der Waals surface area contributed by atoms with Crippen LogP contribution < -0.4 is 16.4 Å². The molecule has 1 saturated heterocycles. The second kappa shape index (κ2) is 4.18. The minimum Gasteiger partial charge on any atom is -0.352 e. The van der Waals surface area contributed by atoms with Crippen LogP contribution in [0.3, 0.4) is 0 Å². The lowest BCUT2D eigenvalue weighted by molar-refractivity contribution is 0.246. The van der Waals surface area contributed by atoms with Crippen molar-refractivity contribution in [2.24, 2.45) is 5.73 Å². The fourth-order valence-corrected chi connectivity index (χ4v) is 1.32. The molecule has 11 heavy (non-hydrogen) atoms. The first kappa shape index (κ1) is 8.33. The van der Waals surface area contributed by atoms with E-state index in [1.54, 1.807) is 0 Å². The fourth-order valence-electron chi connectivity index (χ4n) is 1.32. The zero-order chi connectivity index (χ0) is 8.10. The van der Waals surface area contributed by atoms with Crippen LogP contribution >= 0.6 is 0 Å². The number of carbonyl (C=O) groups excluding carboxylic acids is 1. The highest BCUT2D eigenvalue weighted by atomic mass is 16.2. The molecule has 1 rings (SSSR count). The third kappa shape index (κ3) is 3.23. The summed E-state index contributed by atoms with van der Waals surface area (Å²) in [7, 11) is 0. The molecule has 1 atom stereocenters. The van der Waals surface area contributed by atoms with Crippen molar-refractivity contribution in [2.45, 2.75) is 25.3 Å². The lowest BCUT2D eigenvalue weighted by Gasteiger charge is -2.22. The first-order valence-electron chi connectivity index (χ1n) is 4.06. The number of nitrogens with two attached hydrogens (primary N) is 1. The van der Waals surface area contributed by atoms with Gasteiger partial charge in [0.15, 0.2) is 0 Å². The summed E-state index contributed by atoms with van der Waals surface area (Å²) in [4.78, 5) is 10.3. The van der Waals surface area contributed by atoms with E-state index in [0.717, 1.165) is 13.0 Å². The first-order chi connectivity index (χ1) is 5.29. The van der Waals surface area contributed by atoms with Gasteiger partial charge in [-0.2, -0.15) is 0 Å². The Morgan fingerprint density at radius 2 is 2.45 bits per heavy atom. The fraction of sp³-hybridized carbons (Fsp3) is 0.857. The van der Waals surface area contributed by atoms with Gasteiger partial charge in [0.05, 0.1) is 0 Å². The summed E-state index contributed by atoms with van der Waals surface area (Å²) in [5.74, 6) is 0. The maximum absolute atomic E-state index is 10.3. The molecular weight excluding hydrogens is 142 g/mol. The average Bonchev–Trinajstić information content (AvgIpc) is 2.03. The maximum Gasteiger partial charge on any atom is 0.312 e. The monoisotopic (exact) mass is 157 g/mol. The smallest absolute Gasteiger partial charge is 0.312 e. The number of carbonyl (C=O) groups is 1. The van der Waals surface area contributed by atoms with Crippen LogP contribution in [-0.2, 0) is 0 Å². The predicted molar refractivity (Wildman–Crippen MR) is 43.2 cm³/mol. The standard InChI is InChI=1S/C7H15N3O/c8-7(11)10-5-6-3-1-2-4-9-6/h6,9H,1-5H2,(H3,8,10,11)/t6-/m0/s1. The number of piperidine rings is 1. The molecule has 0 saturated carbocycles. The highest BCUT2D eigenvalue weighted by Crippen LogP contribution is 2.05. The van der Waals surface area contributed by atoms with Gasteiger partial charge in [-0.1, -0.05) is 6.42 Å². The maximum atomic E-state index is 10.3. The van der Waals surface area contributed by atoms with Crippen molar-refractivity contribution in [1.29, 1.82) is 0 Å². The molecule has 0 aromatic carbocycles. The quantitative estimate of drug-likeness (QED) is 0.519. The average molecular weight is 157 g/mol. The van der Waals surface area contributed by atoms with Crippen LogP contribution in [0.2, 0.25) is 0 Å². The Labute approximate surface area is 66.5 Å². The largest absolute Gasteiger partial charge is 0.352 e. The molecule has 4 heteroatoms. The summed E-state index contributed by atoms with van der Waals surface area (Å²) in [5.41, 5.74) is 4.93. The number of urea groups is 1. The van der Waals surface area contributed by atoms with Gasteiger partial charge in [0.25, 0.3) is 0 Å². The first-order valence-corrected chi connectivity index (χ1v) is 4.06. The Balaban J connectivity index is 2.09. The van der Waals surface area contributed by atoms with Crippen molar-refractivity contribution < 1.29 is 4.79 Å². The molecule has 1 heterocycles. The van der Waals surface area contributed by atoms with Crippen LogP contribution in [0.4, 0.5) is 4.79 Å². The molecule has 1 aliphatic rings. The zero-order valence-corrected chi connectivity index (χ0v) is 6.60. The van der Waals surface area contributed by atoms with E-state index in [0.29, 0.717) is 12.6 Å². The normalized spacial score (nSPS) is 24.5. The molecule has 0 unspecified atom stereocenters. The van der Waals surface area contributed by atoms with E-state index in [9.17, 15) is 4.79 Å². The van der Waals surface area contributed by atoms with E-state index in [2.05, 4.69) is 10.6 Å². The second-order valence-electron chi connectivity index (χ2n) is 2.89. The van der Waals surface area contributed by atoms with Crippen LogP contribution in [0, 0.1) is 0 Å². The van der Waals surface area contributed by atoms with Crippen molar-refractivity contribution in [3.63, 3.8) is 0 Å². The Morgan fingerprint density at radius 1 is 1.64 bits per heavy atom. The highest BCUT2D eigenvalue weighted by molar-refractivity contribution is 5.71. The van der Waals surface area contributed by atoms with Crippen molar-refractivity contribution in [3.8, 4) is 0 Å². The summed E-state index contributed by atoms with van der Waals surface area (Å²) in [6.07, 6.45) is 3.63. The van der Waals surface area contributed by atoms with Gasteiger partial charge in [-0.3, -0.25) is 0 Å². The van der Waals surface area contributed by atoms with Gasteiger partial charge in [-0.05, 0) is 19.4 Å². The number of hydrogen-bond acceptors (Lipinski definition) is 2. The Hall–Kier alpha value is -0.770. The van der Waals surface area contributed by atoms with E-state index >= 15 is 0 Å². The molecule has 1 aliphatic heterocycles.